The van der Waals surface area contributed by atoms with Crippen molar-refractivity contribution in [3.63, 3.8) is 0 Å². The van der Waals surface area contributed by atoms with Gasteiger partial charge in [0.1, 0.15) is 6.10 Å². The van der Waals surface area contributed by atoms with Crippen LogP contribution in [0.2, 0.25) is 0 Å². The maximum atomic E-state index is 14.1. The predicted octanol–water partition coefficient (Wildman–Crippen LogP) is 4.50. The van der Waals surface area contributed by atoms with Gasteiger partial charge in [-0.1, -0.05) is 79.7 Å². The Morgan fingerprint density at radius 3 is 2.36 bits per heavy atom. The van der Waals surface area contributed by atoms with Crippen molar-refractivity contribution in [3.05, 3.63) is 102 Å². The highest BCUT2D eigenvalue weighted by Gasteiger charge is 2.44. The second-order valence-electron chi connectivity index (χ2n) is 13.6. The molecule has 4 aromatic rings. The summed E-state index contributed by atoms with van der Waals surface area (Å²) in [4.78, 5) is 29.4. The summed E-state index contributed by atoms with van der Waals surface area (Å²) in [6.45, 7) is 5.60. The second-order valence-corrected chi connectivity index (χ2v) is 15.5. The lowest BCUT2D eigenvalue weighted by molar-refractivity contribution is -0.145. The SMILES string of the molecule is CC(=O)OC(c1ccccc1)c1nc(-c2ccc(S(=O)(=O)N(CC(C)C)C[C@@H](O)[C@H](Cc3ccccc3)NC(=O)OC3COC4OCCC34)cc2)no1. The molecule has 2 N–H and O–H groups in total. The number of sulfonamides is 1. The van der Waals surface area contributed by atoms with E-state index in [0.717, 1.165) is 5.56 Å². The summed E-state index contributed by atoms with van der Waals surface area (Å²) >= 11 is 0. The number of fused-ring (bicyclic) bond motifs is 1. The molecule has 6 rings (SSSR count). The first kappa shape index (κ1) is 38.1. The molecule has 2 saturated heterocycles. The van der Waals surface area contributed by atoms with E-state index >= 15 is 0 Å². The molecule has 0 aliphatic carbocycles. The van der Waals surface area contributed by atoms with Crippen LogP contribution in [-0.4, -0.2) is 90.9 Å². The number of hydrogen-bond donors (Lipinski definition) is 2. The molecule has 282 valence electrons. The highest BCUT2D eigenvalue weighted by Crippen LogP contribution is 2.33. The molecule has 3 aromatic carbocycles. The van der Waals surface area contributed by atoms with Gasteiger partial charge in [-0.2, -0.15) is 9.29 Å². The smallest absolute Gasteiger partial charge is 0.407 e. The summed E-state index contributed by atoms with van der Waals surface area (Å²) in [5.41, 5.74) is 1.95. The summed E-state index contributed by atoms with van der Waals surface area (Å²) in [6.07, 6.45) is -2.89. The molecule has 2 aliphatic heterocycles. The number of nitrogens with zero attached hydrogens (tertiary/aromatic N) is 3. The first-order valence-corrected chi connectivity index (χ1v) is 19.0. The standard InChI is InChI=1S/C38H44N4O10S/c1-24(2)21-42(22-32(44)31(20-26-10-6-4-7-11-26)39-38(45)51-33-23-49-37-30(33)18-19-48-37)53(46,47)29-16-14-28(15-17-29)35-40-36(52-41-35)34(50-25(3)43)27-12-8-5-9-13-27/h4-17,24,30-34,37,44H,18-23H2,1-3H3,(H,39,45)/t30?,31-,32+,33?,34?,37?/m0/s1. The van der Waals surface area contributed by atoms with Crippen LogP contribution < -0.4 is 5.32 Å². The average molecular weight is 749 g/mol. The number of amides is 1. The van der Waals surface area contributed by atoms with Gasteiger partial charge in [-0.3, -0.25) is 4.79 Å². The van der Waals surface area contributed by atoms with Crippen molar-refractivity contribution in [2.75, 3.05) is 26.3 Å². The zero-order valence-electron chi connectivity index (χ0n) is 29.7. The van der Waals surface area contributed by atoms with E-state index < -0.39 is 52.7 Å². The molecule has 2 fully saturated rings. The van der Waals surface area contributed by atoms with Crippen LogP contribution in [0.15, 0.2) is 94.3 Å². The topological polar surface area (TPSA) is 180 Å². The summed E-state index contributed by atoms with van der Waals surface area (Å²) in [7, 11) is -4.13. The molecular weight excluding hydrogens is 705 g/mol. The molecule has 1 amide bonds. The van der Waals surface area contributed by atoms with E-state index in [1.165, 1.54) is 23.4 Å². The van der Waals surface area contributed by atoms with Crippen molar-refractivity contribution in [1.29, 1.82) is 0 Å². The zero-order chi connectivity index (χ0) is 37.5. The van der Waals surface area contributed by atoms with Gasteiger partial charge in [-0.25, -0.2) is 13.2 Å². The summed E-state index contributed by atoms with van der Waals surface area (Å²) in [5.74, 6) is -0.439. The van der Waals surface area contributed by atoms with Crippen molar-refractivity contribution < 1.29 is 46.6 Å². The Bertz CT molecular complexity index is 1920. The van der Waals surface area contributed by atoms with Gasteiger partial charge in [0.15, 0.2) is 6.29 Å². The second kappa shape index (κ2) is 17.0. The van der Waals surface area contributed by atoms with Crippen LogP contribution in [0.5, 0.6) is 0 Å². The highest BCUT2D eigenvalue weighted by atomic mass is 32.2. The maximum Gasteiger partial charge on any atom is 0.407 e. The Kier molecular flexibility index (Phi) is 12.2. The fraction of sp³-hybridized carbons (Fsp3) is 0.421. The van der Waals surface area contributed by atoms with Gasteiger partial charge in [-0.05, 0) is 48.6 Å². The maximum absolute atomic E-state index is 14.1. The number of aromatic nitrogens is 2. The zero-order valence-corrected chi connectivity index (χ0v) is 30.6. The van der Waals surface area contributed by atoms with Crippen LogP contribution in [0.1, 0.15) is 50.3 Å². The van der Waals surface area contributed by atoms with Crippen LogP contribution in [0.4, 0.5) is 4.79 Å². The molecule has 0 saturated carbocycles. The number of carbonyl (C=O) groups is 2. The number of aliphatic hydroxyl groups is 1. The fourth-order valence-corrected chi connectivity index (χ4v) is 8.10. The predicted molar refractivity (Wildman–Crippen MR) is 191 cm³/mol. The van der Waals surface area contributed by atoms with Crippen LogP contribution in [0.25, 0.3) is 11.4 Å². The Labute approximate surface area is 308 Å². The molecule has 3 heterocycles. The number of nitrogens with one attached hydrogen (secondary N) is 1. The third-order valence-corrected chi connectivity index (χ3v) is 10.9. The summed E-state index contributed by atoms with van der Waals surface area (Å²) in [6, 6.07) is 23.4. The number of carbonyl (C=O) groups excluding carboxylic acids is 2. The minimum Gasteiger partial charge on any atom is -0.447 e. The molecule has 14 nitrogen and oxygen atoms in total. The van der Waals surface area contributed by atoms with Crippen molar-refractivity contribution >= 4 is 22.1 Å². The summed E-state index contributed by atoms with van der Waals surface area (Å²) < 4.78 is 57.2. The van der Waals surface area contributed by atoms with Gasteiger partial charge in [0.05, 0.1) is 36.2 Å². The first-order chi connectivity index (χ1) is 25.5. The lowest BCUT2D eigenvalue weighted by Gasteiger charge is -2.31. The van der Waals surface area contributed by atoms with Crippen molar-refractivity contribution in [1.82, 2.24) is 19.8 Å². The average Bonchev–Trinajstić information content (AvgIpc) is 3.90. The Balaban J connectivity index is 1.18. The largest absolute Gasteiger partial charge is 0.447 e. The van der Waals surface area contributed by atoms with Crippen LogP contribution in [0.3, 0.4) is 0 Å². The minimum absolute atomic E-state index is 0.0126. The van der Waals surface area contributed by atoms with E-state index in [4.69, 9.17) is 23.5 Å². The number of hydrogen-bond acceptors (Lipinski definition) is 12. The Morgan fingerprint density at radius 1 is 0.981 bits per heavy atom. The van der Waals surface area contributed by atoms with E-state index in [1.807, 2.05) is 50.2 Å². The highest BCUT2D eigenvalue weighted by molar-refractivity contribution is 7.89. The number of benzene rings is 3. The van der Waals surface area contributed by atoms with E-state index in [1.54, 1.807) is 36.4 Å². The normalized spacial score (nSPS) is 20.2. The lowest BCUT2D eigenvalue weighted by atomic mass is 10.0. The molecule has 1 aromatic heterocycles. The number of aliphatic hydroxyl groups excluding tert-OH is 1. The van der Waals surface area contributed by atoms with Crippen LogP contribution in [-0.2, 0) is 40.2 Å². The van der Waals surface area contributed by atoms with Gasteiger partial charge >= 0.3 is 12.1 Å². The molecule has 0 radical (unpaired) electrons. The quantitative estimate of drug-likeness (QED) is 0.163. The lowest BCUT2D eigenvalue weighted by Crippen LogP contribution is -2.51. The first-order valence-electron chi connectivity index (χ1n) is 17.6. The number of alkyl carbamates (subject to hydrolysis) is 1. The van der Waals surface area contributed by atoms with Gasteiger partial charge in [0, 0.05) is 31.1 Å². The van der Waals surface area contributed by atoms with E-state index in [-0.39, 0.29) is 54.6 Å². The molecular formula is C38H44N4O10S. The van der Waals surface area contributed by atoms with Gasteiger partial charge in [-0.15, -0.1) is 0 Å². The van der Waals surface area contributed by atoms with Crippen molar-refractivity contribution in [2.45, 2.75) is 69.2 Å². The number of rotatable bonds is 15. The molecule has 15 heteroatoms. The Morgan fingerprint density at radius 2 is 1.68 bits per heavy atom. The van der Waals surface area contributed by atoms with Crippen molar-refractivity contribution in [2.24, 2.45) is 11.8 Å². The van der Waals surface area contributed by atoms with E-state index in [0.29, 0.717) is 24.2 Å². The fourth-order valence-electron chi connectivity index (χ4n) is 6.47. The van der Waals surface area contributed by atoms with Gasteiger partial charge in [0.2, 0.25) is 22.0 Å². The van der Waals surface area contributed by atoms with Crippen LogP contribution in [0, 0.1) is 11.8 Å². The molecule has 2 aliphatic rings. The molecule has 53 heavy (non-hydrogen) atoms. The summed E-state index contributed by atoms with van der Waals surface area (Å²) in [5, 5.41) is 18.5. The third-order valence-electron chi connectivity index (χ3n) is 9.07. The number of ether oxygens (including phenoxy) is 4. The van der Waals surface area contributed by atoms with Crippen molar-refractivity contribution in [3.8, 4) is 11.4 Å². The van der Waals surface area contributed by atoms with E-state index in [9.17, 15) is 23.1 Å². The monoisotopic (exact) mass is 748 g/mol. The van der Waals surface area contributed by atoms with E-state index in [2.05, 4.69) is 15.5 Å². The Hall–Kier alpha value is -4.67. The molecule has 0 spiro atoms. The molecule has 0 bridgehead atoms. The molecule has 4 unspecified atom stereocenters. The molecule has 6 atom stereocenters. The van der Waals surface area contributed by atoms with Gasteiger partial charge in [0.25, 0.3) is 5.89 Å². The minimum atomic E-state index is -4.13. The van der Waals surface area contributed by atoms with Gasteiger partial charge < -0.3 is 33.9 Å². The number of esters is 1. The van der Waals surface area contributed by atoms with Crippen LogP contribution >= 0.6 is 0 Å². The third kappa shape index (κ3) is 9.47.